The summed E-state index contributed by atoms with van der Waals surface area (Å²) >= 11 is 0. The third kappa shape index (κ3) is 62.7. The van der Waals surface area contributed by atoms with Crippen molar-refractivity contribution in [2.24, 2.45) is 0 Å². The highest BCUT2D eigenvalue weighted by atomic mass is 16.6. The molecule has 0 heterocycles. The highest BCUT2D eigenvalue weighted by Crippen LogP contribution is 2.16. The lowest BCUT2D eigenvalue weighted by atomic mass is 10.0. The molecule has 0 spiro atoms. The summed E-state index contributed by atoms with van der Waals surface area (Å²) in [5.74, 6) is -0.896. The van der Waals surface area contributed by atoms with Gasteiger partial charge in [-0.3, -0.25) is 14.4 Å². The SMILES string of the molecule is CC/C=C\C/C=C\C/C=C\C/C=C\C/C=C\C/C=C\CCCCCCCCC(=O)OCC(COC(=O)CCCCCCCCCCCC)OC(=O)CCCCCCCCCCCCCC/C=C\C/C=C\C/C=C\C/C=C\CC. The number of unbranched alkanes of at least 4 members (excludes halogenated alkanes) is 27. The molecule has 0 aromatic carbocycles. The molecule has 0 aromatic heterocycles. The fourth-order valence-corrected chi connectivity index (χ4v) is 8.91. The van der Waals surface area contributed by atoms with Gasteiger partial charge in [0.1, 0.15) is 13.2 Å². The average Bonchev–Trinajstić information content (AvgIpc) is 3.44. The van der Waals surface area contributed by atoms with Crippen molar-refractivity contribution < 1.29 is 28.6 Å². The molecule has 0 N–H and O–H groups in total. The van der Waals surface area contributed by atoms with E-state index in [1.807, 2.05) is 0 Å². The third-order valence-electron chi connectivity index (χ3n) is 13.7. The fourth-order valence-electron chi connectivity index (χ4n) is 8.91. The molecule has 0 aliphatic carbocycles. The molecule has 0 radical (unpaired) electrons. The molecule has 78 heavy (non-hydrogen) atoms. The Morgan fingerprint density at radius 1 is 0.269 bits per heavy atom. The van der Waals surface area contributed by atoms with Gasteiger partial charge < -0.3 is 14.2 Å². The van der Waals surface area contributed by atoms with Gasteiger partial charge >= 0.3 is 17.9 Å². The van der Waals surface area contributed by atoms with Crippen LogP contribution in [0.3, 0.4) is 0 Å². The molecule has 0 fully saturated rings. The molecule has 6 nitrogen and oxygen atoms in total. The predicted octanol–water partition coefficient (Wildman–Crippen LogP) is 22.4. The molecule has 6 heteroatoms. The van der Waals surface area contributed by atoms with Crippen LogP contribution in [0.5, 0.6) is 0 Å². The topological polar surface area (TPSA) is 78.9 Å². The van der Waals surface area contributed by atoms with Crippen molar-refractivity contribution in [2.75, 3.05) is 13.2 Å². The first kappa shape index (κ1) is 73.8. The van der Waals surface area contributed by atoms with E-state index in [-0.39, 0.29) is 31.1 Å². The Morgan fingerprint density at radius 2 is 0.500 bits per heavy atom. The molecule has 0 amide bonds. The summed E-state index contributed by atoms with van der Waals surface area (Å²) in [5.41, 5.74) is 0. The number of rotatable bonds is 58. The van der Waals surface area contributed by atoms with E-state index >= 15 is 0 Å². The summed E-state index contributed by atoms with van der Waals surface area (Å²) < 4.78 is 16.9. The number of esters is 3. The largest absolute Gasteiger partial charge is 0.462 e. The molecule has 444 valence electrons. The molecule has 0 saturated heterocycles. The van der Waals surface area contributed by atoms with Gasteiger partial charge in [-0.25, -0.2) is 0 Å². The maximum atomic E-state index is 12.9. The highest BCUT2D eigenvalue weighted by Gasteiger charge is 2.19. The Balaban J connectivity index is 4.29. The van der Waals surface area contributed by atoms with Gasteiger partial charge in [0, 0.05) is 19.3 Å². The number of carbonyl (C=O) groups excluding carboxylic acids is 3. The molecule has 0 saturated carbocycles. The number of hydrogen-bond acceptors (Lipinski definition) is 6. The summed E-state index contributed by atoms with van der Waals surface area (Å²) in [7, 11) is 0. The van der Waals surface area contributed by atoms with Gasteiger partial charge in [0.05, 0.1) is 0 Å². The minimum Gasteiger partial charge on any atom is -0.462 e. The number of allylic oxidation sites excluding steroid dienone is 20. The summed E-state index contributed by atoms with van der Waals surface area (Å²) in [6, 6.07) is 0. The van der Waals surface area contributed by atoms with Crippen LogP contribution in [0.4, 0.5) is 0 Å². The number of hydrogen-bond donors (Lipinski definition) is 0. The van der Waals surface area contributed by atoms with Crippen LogP contribution < -0.4 is 0 Å². The first-order valence-corrected chi connectivity index (χ1v) is 32.5. The lowest BCUT2D eigenvalue weighted by molar-refractivity contribution is -0.167. The second kappa shape index (κ2) is 65.3. The van der Waals surface area contributed by atoms with E-state index in [9.17, 15) is 14.4 Å². The molecule has 0 aromatic rings. The van der Waals surface area contributed by atoms with E-state index in [1.54, 1.807) is 0 Å². The van der Waals surface area contributed by atoms with Crippen LogP contribution in [-0.2, 0) is 28.6 Å². The van der Waals surface area contributed by atoms with Crippen LogP contribution in [0.2, 0.25) is 0 Å². The lowest BCUT2D eigenvalue weighted by Crippen LogP contribution is -2.30. The first-order chi connectivity index (χ1) is 38.5. The quantitative estimate of drug-likeness (QED) is 0.0261. The van der Waals surface area contributed by atoms with Crippen LogP contribution in [0.1, 0.15) is 297 Å². The summed E-state index contributed by atoms with van der Waals surface area (Å²) in [6.07, 6.45) is 90.7. The predicted molar refractivity (Wildman–Crippen MR) is 339 cm³/mol. The van der Waals surface area contributed by atoms with Crippen molar-refractivity contribution in [3.8, 4) is 0 Å². The zero-order valence-corrected chi connectivity index (χ0v) is 50.9. The molecule has 0 aliphatic heterocycles. The highest BCUT2D eigenvalue weighted by molar-refractivity contribution is 5.71. The average molecular weight is 1080 g/mol. The van der Waals surface area contributed by atoms with Crippen LogP contribution in [0.15, 0.2) is 122 Å². The Labute approximate surface area is 482 Å². The van der Waals surface area contributed by atoms with Crippen molar-refractivity contribution in [1.29, 1.82) is 0 Å². The summed E-state index contributed by atoms with van der Waals surface area (Å²) in [6.45, 7) is 6.40. The van der Waals surface area contributed by atoms with Gasteiger partial charge in [-0.15, -0.1) is 0 Å². The third-order valence-corrected chi connectivity index (χ3v) is 13.7. The molecule has 1 atom stereocenters. The molecule has 0 bridgehead atoms. The van der Waals surface area contributed by atoms with Crippen molar-refractivity contribution in [3.05, 3.63) is 122 Å². The van der Waals surface area contributed by atoms with Crippen molar-refractivity contribution >= 4 is 17.9 Å². The van der Waals surface area contributed by atoms with E-state index in [0.29, 0.717) is 19.3 Å². The molecular weight excluding hydrogens is 961 g/mol. The zero-order valence-electron chi connectivity index (χ0n) is 50.9. The smallest absolute Gasteiger partial charge is 0.306 e. The van der Waals surface area contributed by atoms with E-state index in [2.05, 4.69) is 142 Å². The number of carbonyl (C=O) groups is 3. The molecule has 0 aliphatic rings. The van der Waals surface area contributed by atoms with Crippen molar-refractivity contribution in [1.82, 2.24) is 0 Å². The number of ether oxygens (including phenoxy) is 3. The normalized spacial score (nSPS) is 12.9. The monoisotopic (exact) mass is 1080 g/mol. The van der Waals surface area contributed by atoms with Gasteiger partial charge in [0.2, 0.25) is 0 Å². The second-order valence-electron chi connectivity index (χ2n) is 21.3. The van der Waals surface area contributed by atoms with Crippen LogP contribution in [0.25, 0.3) is 0 Å². The van der Waals surface area contributed by atoms with Crippen LogP contribution >= 0.6 is 0 Å². The minimum atomic E-state index is -0.787. The maximum Gasteiger partial charge on any atom is 0.306 e. The van der Waals surface area contributed by atoms with Gasteiger partial charge in [0.25, 0.3) is 0 Å². The van der Waals surface area contributed by atoms with E-state index in [0.717, 1.165) is 135 Å². The molecular formula is C72H120O6. The summed E-state index contributed by atoms with van der Waals surface area (Å²) in [5, 5.41) is 0. The molecule has 1 unspecified atom stereocenters. The van der Waals surface area contributed by atoms with Gasteiger partial charge in [-0.2, -0.15) is 0 Å². The van der Waals surface area contributed by atoms with Crippen LogP contribution in [-0.4, -0.2) is 37.2 Å². The Morgan fingerprint density at radius 3 is 0.782 bits per heavy atom. The minimum absolute atomic E-state index is 0.0831. The fraction of sp³-hybridized carbons (Fsp3) is 0.681. The Bertz CT molecular complexity index is 1620. The van der Waals surface area contributed by atoms with E-state index in [4.69, 9.17) is 14.2 Å². The first-order valence-electron chi connectivity index (χ1n) is 32.5. The van der Waals surface area contributed by atoms with E-state index < -0.39 is 6.10 Å². The second-order valence-corrected chi connectivity index (χ2v) is 21.3. The van der Waals surface area contributed by atoms with Crippen molar-refractivity contribution in [3.63, 3.8) is 0 Å². The Kier molecular flexibility index (Phi) is 61.8. The van der Waals surface area contributed by atoms with Gasteiger partial charge in [-0.05, 0) is 109 Å². The van der Waals surface area contributed by atoms with Crippen LogP contribution in [0, 0.1) is 0 Å². The lowest BCUT2D eigenvalue weighted by Gasteiger charge is -2.18. The zero-order chi connectivity index (χ0) is 56.4. The van der Waals surface area contributed by atoms with Gasteiger partial charge in [-0.1, -0.05) is 290 Å². The Hall–Kier alpha value is -4.19. The maximum absolute atomic E-state index is 12.9. The molecule has 0 rings (SSSR count). The van der Waals surface area contributed by atoms with Crippen molar-refractivity contribution in [2.45, 2.75) is 303 Å². The van der Waals surface area contributed by atoms with E-state index in [1.165, 1.54) is 122 Å². The van der Waals surface area contributed by atoms with Gasteiger partial charge in [0.15, 0.2) is 6.10 Å². The standard InChI is InChI=1S/C72H120O6/c1-4-7-10-13-16-19-22-24-26-28-30-32-34-36-38-40-42-44-46-48-50-53-56-59-62-65-71(74)77-68-69(67-76-70(73)64-61-58-55-52-21-18-15-12-9-6-3)78-72(75)66-63-60-57-54-51-49-47-45-43-41-39-37-35-33-31-29-27-25-23-20-17-14-11-8-5-2/h7-8,10-11,16-17,19-20,24-27,30-33,36,38,42,44,69H,4-6,9,12-15,18,21-23,28-29,34-35,37,39-41,43,45-68H2,1-3H3/b10-7-,11-8-,19-16-,20-17-,26-24-,27-25-,32-30-,33-31-,38-36-,44-42-. The summed E-state index contributed by atoms with van der Waals surface area (Å²) in [4.78, 5) is 38.3.